The summed E-state index contributed by atoms with van der Waals surface area (Å²) >= 11 is 1.13. The first-order valence-electron chi connectivity index (χ1n) is 7.40. The Labute approximate surface area is 142 Å². The molecular weight excluding hydrogens is 339 g/mol. The fourth-order valence-electron chi connectivity index (χ4n) is 2.09. The van der Waals surface area contributed by atoms with Crippen molar-refractivity contribution >= 4 is 17.3 Å². The first-order valence-corrected chi connectivity index (χ1v) is 8.21. The van der Waals surface area contributed by atoms with E-state index in [0.717, 1.165) is 23.5 Å². The second kappa shape index (κ2) is 6.55. The Morgan fingerprint density at radius 3 is 2.21 bits per heavy atom. The molecular formula is C17H18F3NO2S. The van der Waals surface area contributed by atoms with Gasteiger partial charge in [0.05, 0.1) is 17.9 Å². The average molecular weight is 357 g/mol. The van der Waals surface area contributed by atoms with Crippen molar-refractivity contribution in [3.63, 3.8) is 0 Å². The summed E-state index contributed by atoms with van der Waals surface area (Å²) in [4.78, 5) is 17.0. The van der Waals surface area contributed by atoms with E-state index in [1.54, 1.807) is 6.92 Å². The molecule has 0 aliphatic carbocycles. The normalized spacial score (nSPS) is 12.3. The quantitative estimate of drug-likeness (QED) is 0.700. The molecule has 0 N–H and O–H groups in total. The smallest absolute Gasteiger partial charge is 0.416 e. The second-order valence-electron chi connectivity index (χ2n) is 6.24. The van der Waals surface area contributed by atoms with Crippen molar-refractivity contribution in [2.75, 3.05) is 6.61 Å². The van der Waals surface area contributed by atoms with E-state index in [4.69, 9.17) is 4.74 Å². The summed E-state index contributed by atoms with van der Waals surface area (Å²) in [7, 11) is 0. The number of hydrogen-bond donors (Lipinski definition) is 0. The predicted molar refractivity (Wildman–Crippen MR) is 87.2 cm³/mol. The van der Waals surface area contributed by atoms with Crippen molar-refractivity contribution in [2.24, 2.45) is 0 Å². The van der Waals surface area contributed by atoms with Crippen molar-refractivity contribution in [3.05, 3.63) is 40.4 Å². The minimum atomic E-state index is -4.38. The summed E-state index contributed by atoms with van der Waals surface area (Å²) in [6.45, 7) is 7.71. The molecule has 0 bridgehead atoms. The lowest BCUT2D eigenvalue weighted by molar-refractivity contribution is -0.137. The molecule has 0 spiro atoms. The fourth-order valence-corrected chi connectivity index (χ4v) is 3.26. The van der Waals surface area contributed by atoms with Gasteiger partial charge < -0.3 is 4.74 Å². The number of halogens is 3. The average Bonchev–Trinajstić information content (AvgIpc) is 2.92. The topological polar surface area (TPSA) is 39.2 Å². The van der Waals surface area contributed by atoms with E-state index < -0.39 is 17.7 Å². The molecule has 130 valence electrons. The van der Waals surface area contributed by atoms with E-state index in [2.05, 4.69) is 4.98 Å². The first kappa shape index (κ1) is 18.4. The Morgan fingerprint density at radius 2 is 1.75 bits per heavy atom. The van der Waals surface area contributed by atoms with Crippen molar-refractivity contribution in [1.82, 2.24) is 4.98 Å². The third-order valence-electron chi connectivity index (χ3n) is 3.26. The molecule has 7 heteroatoms. The number of rotatable bonds is 3. The number of alkyl halides is 3. The molecule has 1 aromatic carbocycles. The number of hydrogen-bond acceptors (Lipinski definition) is 4. The minimum Gasteiger partial charge on any atom is -0.462 e. The predicted octanol–water partition coefficient (Wildman–Crippen LogP) is 5.30. The molecule has 2 aromatic rings. The zero-order valence-corrected chi connectivity index (χ0v) is 14.6. The Kier molecular flexibility index (Phi) is 5.03. The van der Waals surface area contributed by atoms with Gasteiger partial charge in [0.2, 0.25) is 0 Å². The van der Waals surface area contributed by atoms with E-state index >= 15 is 0 Å². The number of carbonyl (C=O) groups excluding carboxylic acids is 1. The molecule has 0 aliphatic rings. The monoisotopic (exact) mass is 357 g/mol. The molecule has 0 atom stereocenters. The largest absolute Gasteiger partial charge is 0.462 e. The van der Waals surface area contributed by atoms with Gasteiger partial charge in [-0.2, -0.15) is 13.2 Å². The highest BCUT2D eigenvalue weighted by molar-refractivity contribution is 7.17. The Morgan fingerprint density at radius 1 is 1.17 bits per heavy atom. The van der Waals surface area contributed by atoms with Crippen LogP contribution in [0.15, 0.2) is 24.3 Å². The number of esters is 1. The third-order valence-corrected chi connectivity index (χ3v) is 4.34. The number of thiazole rings is 1. The first-order chi connectivity index (χ1) is 11.0. The molecule has 0 saturated carbocycles. The maximum absolute atomic E-state index is 12.7. The zero-order chi connectivity index (χ0) is 18.1. The Bertz CT molecular complexity index is 728. The van der Waals surface area contributed by atoms with E-state index in [0.29, 0.717) is 21.1 Å². The third kappa shape index (κ3) is 3.95. The molecule has 0 radical (unpaired) electrons. The number of aromatic nitrogens is 1. The van der Waals surface area contributed by atoms with Crippen LogP contribution in [0.25, 0.3) is 10.6 Å². The molecule has 24 heavy (non-hydrogen) atoms. The molecule has 2 rings (SSSR count). The van der Waals surface area contributed by atoms with Crippen LogP contribution in [0.1, 0.15) is 48.6 Å². The maximum Gasteiger partial charge on any atom is 0.416 e. The van der Waals surface area contributed by atoms with Crippen LogP contribution in [-0.2, 0) is 16.3 Å². The van der Waals surface area contributed by atoms with Gasteiger partial charge in [0.1, 0.15) is 9.88 Å². The summed E-state index contributed by atoms with van der Waals surface area (Å²) in [5.41, 5.74) is 0.0160. The van der Waals surface area contributed by atoms with Crippen LogP contribution < -0.4 is 0 Å². The summed E-state index contributed by atoms with van der Waals surface area (Å²) in [6, 6.07) is 4.75. The highest BCUT2D eigenvalue weighted by Crippen LogP contribution is 2.36. The van der Waals surface area contributed by atoms with Gasteiger partial charge >= 0.3 is 12.1 Å². The van der Waals surface area contributed by atoms with Crippen LogP contribution in [0.2, 0.25) is 0 Å². The van der Waals surface area contributed by atoms with Gasteiger partial charge in [-0.3, -0.25) is 0 Å². The van der Waals surface area contributed by atoms with E-state index in [1.165, 1.54) is 12.1 Å². The highest BCUT2D eigenvalue weighted by Gasteiger charge is 2.31. The molecule has 1 heterocycles. The lowest BCUT2D eigenvalue weighted by atomic mass is 9.91. The van der Waals surface area contributed by atoms with E-state index in [-0.39, 0.29) is 12.0 Å². The zero-order valence-electron chi connectivity index (χ0n) is 13.8. The van der Waals surface area contributed by atoms with Gasteiger partial charge in [-0.05, 0) is 19.1 Å². The molecule has 0 fully saturated rings. The highest BCUT2D eigenvalue weighted by atomic mass is 32.1. The van der Waals surface area contributed by atoms with Gasteiger partial charge in [-0.25, -0.2) is 9.78 Å². The van der Waals surface area contributed by atoms with Gasteiger partial charge in [-0.1, -0.05) is 32.9 Å². The maximum atomic E-state index is 12.7. The van der Waals surface area contributed by atoms with Crippen molar-refractivity contribution < 1.29 is 22.7 Å². The number of ether oxygens (including phenoxy) is 1. The Hall–Kier alpha value is -1.89. The summed E-state index contributed by atoms with van der Waals surface area (Å²) in [6.07, 6.45) is -4.38. The van der Waals surface area contributed by atoms with Gasteiger partial charge in [0.25, 0.3) is 0 Å². The van der Waals surface area contributed by atoms with Crippen LogP contribution in [0.3, 0.4) is 0 Å². The fraction of sp³-hybridized carbons (Fsp3) is 0.412. The van der Waals surface area contributed by atoms with Crippen LogP contribution in [0.4, 0.5) is 13.2 Å². The van der Waals surface area contributed by atoms with Gasteiger partial charge in [-0.15, -0.1) is 11.3 Å². The van der Waals surface area contributed by atoms with Gasteiger partial charge in [0, 0.05) is 11.0 Å². The molecule has 0 aliphatic heterocycles. The summed E-state index contributed by atoms with van der Waals surface area (Å²) < 4.78 is 43.0. The second-order valence-corrected chi connectivity index (χ2v) is 7.24. The number of nitrogens with zero attached hydrogens (tertiary/aromatic N) is 1. The SMILES string of the molecule is CCOC(=O)c1sc(-c2ccc(C(F)(F)F)cc2)nc1C(C)(C)C. The lowest BCUT2D eigenvalue weighted by Crippen LogP contribution is -2.17. The molecule has 0 unspecified atom stereocenters. The number of carbonyl (C=O) groups is 1. The van der Waals surface area contributed by atoms with Crippen molar-refractivity contribution in [2.45, 2.75) is 39.3 Å². The summed E-state index contributed by atoms with van der Waals surface area (Å²) in [5, 5.41) is 0.497. The molecule has 3 nitrogen and oxygen atoms in total. The van der Waals surface area contributed by atoms with Crippen LogP contribution in [0, 0.1) is 0 Å². The van der Waals surface area contributed by atoms with Crippen LogP contribution in [0.5, 0.6) is 0 Å². The Balaban J connectivity index is 2.46. The summed E-state index contributed by atoms with van der Waals surface area (Å²) in [5.74, 6) is -0.460. The van der Waals surface area contributed by atoms with E-state index in [9.17, 15) is 18.0 Å². The lowest BCUT2D eigenvalue weighted by Gasteiger charge is -2.16. The van der Waals surface area contributed by atoms with Crippen LogP contribution >= 0.6 is 11.3 Å². The minimum absolute atomic E-state index is 0.246. The van der Waals surface area contributed by atoms with Gasteiger partial charge in [0.15, 0.2) is 0 Å². The van der Waals surface area contributed by atoms with Crippen molar-refractivity contribution in [3.8, 4) is 10.6 Å². The van der Waals surface area contributed by atoms with E-state index in [1.807, 2.05) is 20.8 Å². The molecule has 1 aromatic heterocycles. The molecule has 0 amide bonds. The standard InChI is InChI=1S/C17H18F3NO2S/c1-5-23-15(22)12-13(16(2,3)4)21-14(24-12)10-6-8-11(9-7-10)17(18,19)20/h6-9H,5H2,1-4H3. The number of benzene rings is 1. The molecule has 0 saturated heterocycles. The van der Waals surface area contributed by atoms with Crippen molar-refractivity contribution in [1.29, 1.82) is 0 Å². The van der Waals surface area contributed by atoms with Crippen LogP contribution in [-0.4, -0.2) is 17.6 Å².